The molecule has 0 aliphatic rings. The number of nitrogens with one attached hydrogen (secondary N) is 1. The topological polar surface area (TPSA) is 42.0 Å². The van der Waals surface area contributed by atoms with Crippen LogP contribution in [0.5, 0.6) is 0 Å². The predicted octanol–water partition coefficient (Wildman–Crippen LogP) is 4.54. The molecule has 0 atom stereocenters. The van der Waals surface area contributed by atoms with Gasteiger partial charge in [-0.15, -0.1) is 23.1 Å². The number of nitrogens with zero attached hydrogens (tertiary/aromatic N) is 1. The van der Waals surface area contributed by atoms with Crippen molar-refractivity contribution in [1.82, 2.24) is 4.98 Å². The number of benzene rings is 1. The van der Waals surface area contributed by atoms with Crippen LogP contribution in [0.25, 0.3) is 10.2 Å². The lowest BCUT2D eigenvalue weighted by Crippen LogP contribution is -2.13. The standard InChI is InChI=1S/C15H14N2OS3/c1-10-4-5-12-13(7-10)21-15(16-12)17-14(18)9-19-8-11-3-2-6-20-11/h2-7H,8-9H2,1H3,(H,16,17,18). The van der Waals surface area contributed by atoms with Gasteiger partial charge < -0.3 is 5.32 Å². The summed E-state index contributed by atoms with van der Waals surface area (Å²) in [6, 6.07) is 10.2. The third kappa shape index (κ3) is 3.84. The Kier molecular flexibility index (Phi) is 4.57. The van der Waals surface area contributed by atoms with Crippen LogP contribution in [0.15, 0.2) is 35.7 Å². The van der Waals surface area contributed by atoms with E-state index in [0.29, 0.717) is 10.9 Å². The van der Waals surface area contributed by atoms with E-state index >= 15 is 0 Å². The number of fused-ring (bicyclic) bond motifs is 1. The van der Waals surface area contributed by atoms with Gasteiger partial charge in [-0.05, 0) is 36.1 Å². The zero-order chi connectivity index (χ0) is 14.7. The first kappa shape index (κ1) is 14.6. The van der Waals surface area contributed by atoms with Gasteiger partial charge in [-0.1, -0.05) is 23.5 Å². The van der Waals surface area contributed by atoms with E-state index in [9.17, 15) is 4.79 Å². The van der Waals surface area contributed by atoms with Gasteiger partial charge in [-0.25, -0.2) is 4.98 Å². The fraction of sp³-hybridized carbons (Fsp3) is 0.200. The first-order chi connectivity index (χ1) is 10.2. The van der Waals surface area contributed by atoms with Crippen LogP contribution >= 0.6 is 34.4 Å². The molecule has 0 fully saturated rings. The zero-order valence-electron chi connectivity index (χ0n) is 11.5. The zero-order valence-corrected chi connectivity index (χ0v) is 13.9. The Bertz CT molecular complexity index is 749. The number of thiazole rings is 1. The fourth-order valence-electron chi connectivity index (χ4n) is 1.88. The molecule has 21 heavy (non-hydrogen) atoms. The quantitative estimate of drug-likeness (QED) is 0.745. The maximum atomic E-state index is 11.9. The number of anilines is 1. The van der Waals surface area contributed by atoms with Crippen molar-refractivity contribution < 1.29 is 4.79 Å². The lowest BCUT2D eigenvalue weighted by Gasteiger charge is -2.00. The van der Waals surface area contributed by atoms with Crippen LogP contribution in [0.4, 0.5) is 5.13 Å². The summed E-state index contributed by atoms with van der Waals surface area (Å²) in [5.74, 6) is 1.34. The summed E-state index contributed by atoms with van der Waals surface area (Å²) >= 11 is 4.86. The maximum absolute atomic E-state index is 11.9. The van der Waals surface area contributed by atoms with E-state index in [-0.39, 0.29) is 5.91 Å². The molecular formula is C15H14N2OS3. The van der Waals surface area contributed by atoms with Crippen LogP contribution in [0.3, 0.4) is 0 Å². The number of thioether (sulfide) groups is 1. The third-order valence-electron chi connectivity index (χ3n) is 2.85. The number of amides is 1. The predicted molar refractivity (Wildman–Crippen MR) is 93.5 cm³/mol. The highest BCUT2D eigenvalue weighted by Gasteiger charge is 2.08. The lowest BCUT2D eigenvalue weighted by atomic mass is 10.2. The molecule has 0 bridgehead atoms. The maximum Gasteiger partial charge on any atom is 0.236 e. The van der Waals surface area contributed by atoms with Crippen LogP contribution < -0.4 is 5.32 Å². The minimum atomic E-state index is 0.00679. The summed E-state index contributed by atoms with van der Waals surface area (Å²) < 4.78 is 1.11. The van der Waals surface area contributed by atoms with Crippen LogP contribution in [-0.4, -0.2) is 16.6 Å². The Morgan fingerprint density at radius 1 is 1.38 bits per heavy atom. The van der Waals surface area contributed by atoms with Crippen LogP contribution in [0, 0.1) is 6.92 Å². The normalized spacial score (nSPS) is 10.9. The second-order valence-electron chi connectivity index (χ2n) is 4.61. The van der Waals surface area contributed by atoms with E-state index in [0.717, 1.165) is 16.0 Å². The van der Waals surface area contributed by atoms with Gasteiger partial charge in [0.2, 0.25) is 5.91 Å². The molecule has 1 amide bonds. The van der Waals surface area contributed by atoms with E-state index in [1.54, 1.807) is 23.1 Å². The smallest absolute Gasteiger partial charge is 0.236 e. The summed E-state index contributed by atoms with van der Waals surface area (Å²) in [5, 5.41) is 5.61. The number of aryl methyl sites for hydroxylation is 1. The highest BCUT2D eigenvalue weighted by molar-refractivity contribution is 7.99. The molecule has 1 N–H and O–H groups in total. The molecule has 0 aliphatic heterocycles. The lowest BCUT2D eigenvalue weighted by molar-refractivity contribution is -0.113. The molecule has 2 heterocycles. The van der Waals surface area contributed by atoms with Gasteiger partial charge in [-0.3, -0.25) is 4.79 Å². The molecule has 2 aromatic heterocycles. The van der Waals surface area contributed by atoms with E-state index in [4.69, 9.17) is 0 Å². The molecule has 3 rings (SSSR count). The van der Waals surface area contributed by atoms with Crippen molar-refractivity contribution >= 4 is 55.7 Å². The fourth-order valence-corrected chi connectivity index (χ4v) is 4.53. The third-order valence-corrected chi connectivity index (χ3v) is 5.82. The number of hydrogen-bond acceptors (Lipinski definition) is 5. The second-order valence-corrected chi connectivity index (χ2v) is 7.66. The minimum absolute atomic E-state index is 0.00679. The van der Waals surface area contributed by atoms with Crippen molar-refractivity contribution in [2.45, 2.75) is 12.7 Å². The van der Waals surface area contributed by atoms with Gasteiger partial charge in [-0.2, -0.15) is 0 Å². The Morgan fingerprint density at radius 2 is 2.29 bits per heavy atom. The number of thiophene rings is 1. The van der Waals surface area contributed by atoms with Crippen molar-refractivity contribution in [3.63, 3.8) is 0 Å². The molecule has 6 heteroatoms. The van der Waals surface area contributed by atoms with E-state index in [2.05, 4.69) is 34.7 Å². The molecule has 0 aliphatic carbocycles. The van der Waals surface area contributed by atoms with Crippen LogP contribution in [0.2, 0.25) is 0 Å². The minimum Gasteiger partial charge on any atom is -0.301 e. The molecule has 3 nitrogen and oxygen atoms in total. The van der Waals surface area contributed by atoms with Gasteiger partial charge in [0, 0.05) is 10.6 Å². The molecule has 0 radical (unpaired) electrons. The molecule has 0 spiro atoms. The van der Waals surface area contributed by atoms with Crippen molar-refractivity contribution in [2.75, 3.05) is 11.1 Å². The van der Waals surface area contributed by atoms with E-state index in [1.807, 2.05) is 18.2 Å². The average molecular weight is 334 g/mol. The first-order valence-corrected chi connectivity index (χ1v) is 9.33. The van der Waals surface area contributed by atoms with Gasteiger partial charge in [0.15, 0.2) is 5.13 Å². The SMILES string of the molecule is Cc1ccc2nc(NC(=O)CSCc3cccs3)sc2c1. The number of hydrogen-bond donors (Lipinski definition) is 1. The summed E-state index contributed by atoms with van der Waals surface area (Å²) in [4.78, 5) is 17.6. The van der Waals surface area contributed by atoms with Gasteiger partial charge in [0.25, 0.3) is 0 Å². The Hall–Kier alpha value is -1.37. The molecule has 0 saturated heterocycles. The van der Waals surface area contributed by atoms with Gasteiger partial charge in [0.1, 0.15) is 0 Å². The van der Waals surface area contributed by atoms with Crippen LogP contribution in [0.1, 0.15) is 10.4 Å². The molecule has 1 aromatic carbocycles. The number of aromatic nitrogens is 1. The summed E-state index contributed by atoms with van der Waals surface area (Å²) in [6.45, 7) is 2.05. The van der Waals surface area contributed by atoms with Gasteiger partial charge >= 0.3 is 0 Å². The molecule has 108 valence electrons. The highest BCUT2D eigenvalue weighted by Crippen LogP contribution is 2.27. The van der Waals surface area contributed by atoms with Crippen molar-refractivity contribution in [1.29, 1.82) is 0 Å². The Balaban J connectivity index is 1.55. The second kappa shape index (κ2) is 6.60. The van der Waals surface area contributed by atoms with Crippen molar-refractivity contribution in [3.8, 4) is 0 Å². The van der Waals surface area contributed by atoms with Crippen molar-refractivity contribution in [2.24, 2.45) is 0 Å². The first-order valence-electron chi connectivity index (χ1n) is 6.48. The molecular weight excluding hydrogens is 320 g/mol. The monoisotopic (exact) mass is 334 g/mol. The molecule has 0 saturated carbocycles. The number of rotatable bonds is 5. The van der Waals surface area contributed by atoms with Gasteiger partial charge in [0.05, 0.1) is 16.0 Å². The summed E-state index contributed by atoms with van der Waals surface area (Å²) in [6.07, 6.45) is 0. The Morgan fingerprint density at radius 3 is 3.10 bits per heavy atom. The molecule has 3 aromatic rings. The highest BCUT2D eigenvalue weighted by atomic mass is 32.2. The van der Waals surface area contributed by atoms with E-state index < -0.39 is 0 Å². The average Bonchev–Trinajstić information content (AvgIpc) is 3.07. The molecule has 0 unspecified atom stereocenters. The van der Waals surface area contributed by atoms with E-state index in [1.165, 1.54) is 21.8 Å². The van der Waals surface area contributed by atoms with Crippen LogP contribution in [-0.2, 0) is 10.5 Å². The largest absolute Gasteiger partial charge is 0.301 e. The summed E-state index contributed by atoms with van der Waals surface area (Å²) in [7, 11) is 0. The van der Waals surface area contributed by atoms with Crippen molar-refractivity contribution in [3.05, 3.63) is 46.2 Å². The Labute approximate surface area is 135 Å². The summed E-state index contributed by atoms with van der Waals surface area (Å²) in [5.41, 5.74) is 2.14. The number of carbonyl (C=O) groups is 1. The number of carbonyl (C=O) groups excluding carboxylic acids is 1.